The number of ether oxygens (including phenoxy) is 1. The van der Waals surface area contributed by atoms with Crippen molar-refractivity contribution < 1.29 is 29.0 Å². The van der Waals surface area contributed by atoms with Crippen molar-refractivity contribution in [3.8, 4) is 0 Å². The minimum absolute atomic E-state index is 0.180. The lowest BCUT2D eigenvalue weighted by molar-refractivity contribution is -0.150. The number of nitrogens with one attached hydrogen (secondary N) is 1. The number of benzene rings is 1. The highest BCUT2D eigenvalue weighted by molar-refractivity contribution is 8.00. The highest BCUT2D eigenvalue weighted by Gasteiger charge is 2.54. The van der Waals surface area contributed by atoms with Crippen molar-refractivity contribution in [2.75, 3.05) is 12.4 Å². The summed E-state index contributed by atoms with van der Waals surface area (Å²) in [7, 11) is 0. The molecule has 1 saturated heterocycles. The number of thioether (sulfide) groups is 1. The summed E-state index contributed by atoms with van der Waals surface area (Å²) in [5, 5.41) is 11.6. The Morgan fingerprint density at radius 2 is 2.04 bits per heavy atom. The lowest BCUT2D eigenvalue weighted by atomic mass is 10.0. The Bertz CT molecular complexity index is 880. The molecule has 1 fully saturated rings. The number of aliphatic carboxylic acids is 1. The number of amides is 2. The van der Waals surface area contributed by atoms with E-state index in [9.17, 15) is 24.3 Å². The Hall–Kier alpha value is -3.07. The number of carboxylic acids is 1. The molecule has 1 aromatic carbocycles. The standard InChI is InChI=1S/C19H18N2O6S/c1-11(22)27-9-13-10-28-18-15(17(24)21(18)16(13)19(25)26)20-14(23)8-7-12-5-3-2-4-6-12/h2-8,15,18H,9-10H2,1H3,(H,20,23)(H,25,26)/t15-,18-/m1/s1. The van der Waals surface area contributed by atoms with Crippen LogP contribution < -0.4 is 5.32 Å². The third-order valence-electron chi connectivity index (χ3n) is 4.22. The maximum atomic E-state index is 12.5. The van der Waals surface area contributed by atoms with E-state index in [-0.39, 0.29) is 18.1 Å². The normalized spacial score (nSPS) is 21.2. The van der Waals surface area contributed by atoms with E-state index < -0.39 is 35.2 Å². The van der Waals surface area contributed by atoms with Crippen LogP contribution in [0, 0.1) is 0 Å². The summed E-state index contributed by atoms with van der Waals surface area (Å²) in [6.45, 7) is 1.04. The first-order valence-corrected chi connectivity index (χ1v) is 9.50. The van der Waals surface area contributed by atoms with Crippen LogP contribution in [0.15, 0.2) is 47.7 Å². The second-order valence-corrected chi connectivity index (χ2v) is 7.28. The minimum Gasteiger partial charge on any atom is -0.477 e. The number of carbonyl (C=O) groups excluding carboxylic acids is 3. The minimum atomic E-state index is -1.27. The number of β-lactam (4-membered cyclic amide) rings is 1. The molecule has 3 rings (SSSR count). The van der Waals surface area contributed by atoms with Crippen molar-refractivity contribution in [3.63, 3.8) is 0 Å². The van der Waals surface area contributed by atoms with E-state index in [1.54, 1.807) is 6.08 Å². The largest absolute Gasteiger partial charge is 0.477 e. The molecule has 0 unspecified atom stereocenters. The van der Waals surface area contributed by atoms with Crippen LogP contribution in [0.5, 0.6) is 0 Å². The zero-order valence-corrected chi connectivity index (χ0v) is 15.8. The first-order valence-electron chi connectivity index (χ1n) is 8.45. The van der Waals surface area contributed by atoms with Gasteiger partial charge in [-0.3, -0.25) is 19.3 Å². The first-order chi connectivity index (χ1) is 13.4. The van der Waals surface area contributed by atoms with Gasteiger partial charge >= 0.3 is 11.9 Å². The summed E-state index contributed by atoms with van der Waals surface area (Å²) in [4.78, 5) is 48.4. The lowest BCUT2D eigenvalue weighted by Gasteiger charge is -2.49. The van der Waals surface area contributed by atoms with E-state index in [0.29, 0.717) is 5.57 Å². The molecule has 2 aliphatic heterocycles. The van der Waals surface area contributed by atoms with Crippen LogP contribution in [0.4, 0.5) is 0 Å². The average Bonchev–Trinajstić information content (AvgIpc) is 2.68. The number of hydrogen-bond donors (Lipinski definition) is 2. The van der Waals surface area contributed by atoms with Crippen LogP contribution in [0.3, 0.4) is 0 Å². The Labute approximate surface area is 165 Å². The van der Waals surface area contributed by atoms with E-state index in [1.165, 1.54) is 24.8 Å². The van der Waals surface area contributed by atoms with Crippen molar-refractivity contribution in [3.05, 3.63) is 53.2 Å². The van der Waals surface area contributed by atoms with Gasteiger partial charge in [-0.2, -0.15) is 0 Å². The molecule has 8 nitrogen and oxygen atoms in total. The third kappa shape index (κ3) is 4.09. The first kappa shape index (κ1) is 19.7. The van der Waals surface area contributed by atoms with Gasteiger partial charge in [0.1, 0.15) is 23.7 Å². The maximum Gasteiger partial charge on any atom is 0.352 e. The number of carboxylic acid groups (broad SMARTS) is 1. The summed E-state index contributed by atoms with van der Waals surface area (Å²) < 4.78 is 4.88. The fourth-order valence-electron chi connectivity index (χ4n) is 2.92. The van der Waals surface area contributed by atoms with Crippen LogP contribution in [-0.4, -0.2) is 57.5 Å². The highest BCUT2D eigenvalue weighted by Crippen LogP contribution is 2.40. The average molecular weight is 402 g/mol. The van der Waals surface area contributed by atoms with E-state index in [0.717, 1.165) is 10.5 Å². The van der Waals surface area contributed by atoms with Gasteiger partial charge in [0.05, 0.1) is 0 Å². The molecule has 1 aromatic rings. The summed E-state index contributed by atoms with van der Waals surface area (Å²) in [5.74, 6) is -2.45. The number of nitrogens with zero attached hydrogens (tertiary/aromatic N) is 1. The molecule has 0 saturated carbocycles. The fourth-order valence-corrected chi connectivity index (χ4v) is 4.25. The molecule has 2 N–H and O–H groups in total. The van der Waals surface area contributed by atoms with Gasteiger partial charge in [-0.25, -0.2) is 4.79 Å². The number of fused-ring (bicyclic) bond motifs is 1. The zero-order valence-electron chi connectivity index (χ0n) is 15.0. The van der Waals surface area contributed by atoms with E-state index in [2.05, 4.69) is 5.32 Å². The van der Waals surface area contributed by atoms with Gasteiger partial charge in [0.15, 0.2) is 0 Å². The zero-order chi connectivity index (χ0) is 20.3. The van der Waals surface area contributed by atoms with Crippen LogP contribution in [-0.2, 0) is 23.9 Å². The molecular weight excluding hydrogens is 384 g/mol. The lowest BCUT2D eigenvalue weighted by Crippen LogP contribution is -2.70. The van der Waals surface area contributed by atoms with Gasteiger partial charge in [-0.15, -0.1) is 11.8 Å². The van der Waals surface area contributed by atoms with Crippen molar-refractivity contribution in [2.24, 2.45) is 0 Å². The molecule has 2 aliphatic rings. The predicted octanol–water partition coefficient (Wildman–Crippen LogP) is 1.00. The molecule has 0 aromatic heterocycles. The topological polar surface area (TPSA) is 113 Å². The van der Waals surface area contributed by atoms with Crippen LogP contribution in [0.25, 0.3) is 6.08 Å². The Kier molecular flexibility index (Phi) is 5.84. The van der Waals surface area contributed by atoms with Crippen LogP contribution in [0.2, 0.25) is 0 Å². The van der Waals surface area contributed by atoms with Crippen molar-refractivity contribution in [1.82, 2.24) is 10.2 Å². The summed E-state index contributed by atoms with van der Waals surface area (Å²) in [5.41, 5.74) is 1.02. The monoisotopic (exact) mass is 402 g/mol. The van der Waals surface area contributed by atoms with Crippen LogP contribution in [0.1, 0.15) is 12.5 Å². The van der Waals surface area contributed by atoms with Crippen LogP contribution >= 0.6 is 11.8 Å². The quantitative estimate of drug-likeness (QED) is 0.415. The molecular formula is C19H18N2O6S. The van der Waals surface area contributed by atoms with Gasteiger partial charge in [-0.1, -0.05) is 30.3 Å². The van der Waals surface area contributed by atoms with E-state index >= 15 is 0 Å². The highest BCUT2D eigenvalue weighted by atomic mass is 32.2. The van der Waals surface area contributed by atoms with E-state index in [1.807, 2.05) is 30.3 Å². The summed E-state index contributed by atoms with van der Waals surface area (Å²) >= 11 is 1.32. The second-order valence-electron chi connectivity index (χ2n) is 6.18. The summed E-state index contributed by atoms with van der Waals surface area (Å²) in [6, 6.07) is 8.43. The number of hydrogen-bond acceptors (Lipinski definition) is 6. The van der Waals surface area contributed by atoms with Crippen molar-refractivity contribution in [2.45, 2.75) is 18.3 Å². The summed E-state index contributed by atoms with van der Waals surface area (Å²) in [6.07, 6.45) is 2.96. The molecule has 0 radical (unpaired) electrons. The van der Waals surface area contributed by atoms with Gasteiger partial charge < -0.3 is 15.2 Å². The smallest absolute Gasteiger partial charge is 0.352 e. The van der Waals surface area contributed by atoms with Gasteiger partial charge in [0.2, 0.25) is 5.91 Å². The third-order valence-corrected chi connectivity index (χ3v) is 5.56. The second kappa shape index (κ2) is 8.30. The fraction of sp³-hybridized carbons (Fsp3) is 0.263. The van der Waals surface area contributed by atoms with E-state index in [4.69, 9.17) is 4.74 Å². The molecule has 0 bridgehead atoms. The molecule has 2 heterocycles. The van der Waals surface area contributed by atoms with Gasteiger partial charge in [-0.05, 0) is 11.6 Å². The van der Waals surface area contributed by atoms with Crippen molar-refractivity contribution in [1.29, 1.82) is 0 Å². The van der Waals surface area contributed by atoms with Gasteiger partial charge in [0.25, 0.3) is 5.91 Å². The van der Waals surface area contributed by atoms with Gasteiger partial charge in [0, 0.05) is 24.3 Å². The molecule has 2 amide bonds. The molecule has 9 heteroatoms. The number of carbonyl (C=O) groups is 4. The Balaban J connectivity index is 1.68. The number of rotatable bonds is 6. The molecule has 0 aliphatic carbocycles. The molecule has 28 heavy (non-hydrogen) atoms. The van der Waals surface area contributed by atoms with Crippen molar-refractivity contribution >= 4 is 41.6 Å². The molecule has 0 spiro atoms. The SMILES string of the molecule is CC(=O)OCC1=C(C(=O)O)N2C(=O)[C@@H](NC(=O)C=Cc3ccccc3)[C@H]2SC1. The Morgan fingerprint density at radius 1 is 1.32 bits per heavy atom. The maximum absolute atomic E-state index is 12.5. The number of esters is 1. The Morgan fingerprint density at radius 3 is 2.68 bits per heavy atom. The predicted molar refractivity (Wildman–Crippen MR) is 102 cm³/mol. The molecule has 146 valence electrons. The molecule has 2 atom stereocenters.